The number of ether oxygens (including phenoxy) is 1. The number of carbonyl (C=O) groups excluding carboxylic acids is 1. The summed E-state index contributed by atoms with van der Waals surface area (Å²) in [5, 5.41) is 21.0. The van der Waals surface area contributed by atoms with Crippen molar-refractivity contribution in [2.45, 2.75) is 38.9 Å². The van der Waals surface area contributed by atoms with Crippen molar-refractivity contribution in [2.75, 3.05) is 0 Å². The molecule has 30 heavy (non-hydrogen) atoms. The first-order valence-corrected chi connectivity index (χ1v) is 10.1. The lowest BCUT2D eigenvalue weighted by Gasteiger charge is -2.30. The molecular weight excluding hydrogens is 383 g/mol. The molecule has 5 nitrogen and oxygen atoms in total. The fourth-order valence-electron chi connectivity index (χ4n) is 5.84. The highest BCUT2D eigenvalue weighted by molar-refractivity contribution is 6.26. The third kappa shape index (κ3) is 2.42. The Morgan fingerprint density at radius 2 is 1.80 bits per heavy atom. The van der Waals surface area contributed by atoms with E-state index in [4.69, 9.17) is 4.74 Å². The van der Waals surface area contributed by atoms with Gasteiger partial charge in [-0.3, -0.25) is 4.79 Å². The lowest BCUT2D eigenvalue weighted by Crippen LogP contribution is -2.39. The number of hydrogen-bond acceptors (Lipinski definition) is 5. The number of aliphatic hydroxyl groups excluding tert-OH is 1. The highest BCUT2D eigenvalue weighted by Gasteiger charge is 2.66. The van der Waals surface area contributed by atoms with Gasteiger partial charge in [0.2, 0.25) is 5.95 Å². The molecule has 2 bridgehead atoms. The second-order valence-corrected chi connectivity index (χ2v) is 8.61. The van der Waals surface area contributed by atoms with Gasteiger partial charge in [-0.1, -0.05) is 23.8 Å². The fourth-order valence-corrected chi connectivity index (χ4v) is 5.84. The number of carbonyl (C=O) groups is 1. The predicted molar refractivity (Wildman–Crippen MR) is 107 cm³/mol. The molecule has 6 heteroatoms. The van der Waals surface area contributed by atoms with Gasteiger partial charge in [-0.15, -0.1) is 0 Å². The van der Waals surface area contributed by atoms with E-state index in [1.54, 1.807) is 6.07 Å². The molecule has 1 aliphatic carbocycles. The van der Waals surface area contributed by atoms with Crippen LogP contribution < -0.4 is 0 Å². The fraction of sp³-hybridized carbons (Fsp3) is 0.375. The third-order valence-corrected chi connectivity index (χ3v) is 6.84. The van der Waals surface area contributed by atoms with Crippen LogP contribution in [-0.4, -0.2) is 28.1 Å². The van der Waals surface area contributed by atoms with Crippen molar-refractivity contribution in [2.24, 2.45) is 17.8 Å². The smallest absolute Gasteiger partial charge is 0.212 e. The summed E-state index contributed by atoms with van der Waals surface area (Å²) < 4.78 is 19.4. The molecule has 0 saturated carbocycles. The number of aliphatic hydroxyl groups is 1. The van der Waals surface area contributed by atoms with Crippen LogP contribution in [0, 0.1) is 55.8 Å². The van der Waals surface area contributed by atoms with E-state index in [1.807, 2.05) is 32.9 Å². The van der Waals surface area contributed by atoms with Gasteiger partial charge in [0.05, 0.1) is 41.6 Å². The first-order valence-electron chi connectivity index (χ1n) is 10.1. The lowest BCUT2D eigenvalue weighted by atomic mass is 9.67. The van der Waals surface area contributed by atoms with Gasteiger partial charge in [0, 0.05) is 12.1 Å². The standard InChI is InChI=1S/C24H21FN2O3/c1-10-6-11(2)16(12(3)7-10)18-21(28)19-20(22(18)29)24-17(14(8-26)23(19)30-24)13-4-5-15(25)27-9-13/h4-7,9,14,17,19-20,23-24,28H,1-3H3/t14-,17+,19-,20+,23-,24+/m0/s1. The van der Waals surface area contributed by atoms with Crippen molar-refractivity contribution in [1.29, 1.82) is 5.26 Å². The van der Waals surface area contributed by atoms with Crippen LogP contribution in [0.5, 0.6) is 0 Å². The average molecular weight is 404 g/mol. The number of aromatic nitrogens is 1. The number of hydrogen-bond donors (Lipinski definition) is 1. The maximum atomic E-state index is 13.5. The normalized spacial score (nSPS) is 31.9. The van der Waals surface area contributed by atoms with Crippen molar-refractivity contribution < 1.29 is 19.0 Å². The Kier molecular flexibility index (Phi) is 4.09. The minimum atomic E-state index is -0.599. The van der Waals surface area contributed by atoms with Crippen molar-refractivity contribution in [3.05, 3.63) is 70.0 Å². The van der Waals surface area contributed by atoms with E-state index < -0.39 is 35.9 Å². The Morgan fingerprint density at radius 3 is 2.40 bits per heavy atom. The molecule has 2 saturated heterocycles. The van der Waals surface area contributed by atoms with Gasteiger partial charge in [0.25, 0.3) is 0 Å². The minimum absolute atomic E-state index is 0.0310. The van der Waals surface area contributed by atoms with E-state index in [0.29, 0.717) is 11.1 Å². The Balaban J connectivity index is 1.60. The highest BCUT2D eigenvalue weighted by Crippen LogP contribution is 2.60. The molecule has 2 aromatic rings. The van der Waals surface area contributed by atoms with E-state index in [-0.39, 0.29) is 17.5 Å². The molecule has 0 unspecified atom stereocenters. The molecule has 5 rings (SSSR count). The molecule has 1 aromatic heterocycles. The molecule has 0 spiro atoms. The molecule has 3 heterocycles. The van der Waals surface area contributed by atoms with E-state index >= 15 is 0 Å². The second kappa shape index (κ2) is 6.48. The largest absolute Gasteiger partial charge is 0.511 e. The molecular formula is C24H21FN2O3. The number of aryl methyl sites for hydroxylation is 3. The molecule has 0 radical (unpaired) electrons. The molecule has 1 N–H and O–H groups in total. The maximum Gasteiger partial charge on any atom is 0.212 e. The summed E-state index contributed by atoms with van der Waals surface area (Å²) >= 11 is 0. The summed E-state index contributed by atoms with van der Waals surface area (Å²) in [5.74, 6) is -2.71. The summed E-state index contributed by atoms with van der Waals surface area (Å²) in [6.45, 7) is 5.87. The van der Waals surface area contributed by atoms with E-state index in [1.165, 1.54) is 12.3 Å². The molecule has 0 amide bonds. The Labute approximate surface area is 173 Å². The van der Waals surface area contributed by atoms with Crippen molar-refractivity contribution >= 4 is 11.4 Å². The number of pyridine rings is 1. The Hall–Kier alpha value is -3.04. The third-order valence-electron chi connectivity index (χ3n) is 6.84. The first-order chi connectivity index (χ1) is 14.3. The SMILES string of the molecule is Cc1cc(C)c(C2=C(O)[C@H]3[C@H]4O[C@@H]([C@H]3C2=O)[C@H](c2ccc(F)nc2)[C@@H]4C#N)c(C)c1. The van der Waals surface area contributed by atoms with E-state index in [9.17, 15) is 19.6 Å². The number of ketones is 1. The first kappa shape index (κ1) is 19.0. The quantitative estimate of drug-likeness (QED) is 0.767. The summed E-state index contributed by atoms with van der Waals surface area (Å²) in [4.78, 5) is 17.3. The number of benzene rings is 1. The van der Waals surface area contributed by atoms with Gasteiger partial charge in [-0.25, -0.2) is 4.98 Å². The van der Waals surface area contributed by atoms with Gasteiger partial charge >= 0.3 is 0 Å². The molecule has 6 atom stereocenters. The predicted octanol–water partition coefficient (Wildman–Crippen LogP) is 3.93. The lowest BCUT2D eigenvalue weighted by molar-refractivity contribution is -0.119. The van der Waals surface area contributed by atoms with Crippen LogP contribution in [0.4, 0.5) is 4.39 Å². The van der Waals surface area contributed by atoms with Crippen LogP contribution in [0.2, 0.25) is 0 Å². The number of fused-ring (bicyclic) bond motifs is 5. The zero-order valence-corrected chi connectivity index (χ0v) is 16.9. The van der Waals surface area contributed by atoms with Crippen LogP contribution in [-0.2, 0) is 9.53 Å². The number of Topliss-reactive ketones (excluding diaryl/α,β-unsaturated/α-hetero) is 1. The zero-order valence-electron chi connectivity index (χ0n) is 16.9. The molecule has 152 valence electrons. The number of halogens is 1. The molecule has 3 aliphatic rings. The van der Waals surface area contributed by atoms with Gasteiger partial charge in [0.15, 0.2) is 5.78 Å². The average Bonchev–Trinajstić information content (AvgIpc) is 3.33. The number of allylic oxidation sites excluding steroid dienone is 1. The summed E-state index contributed by atoms with van der Waals surface area (Å²) in [7, 11) is 0. The number of nitrogens with zero attached hydrogens (tertiary/aromatic N) is 2. The summed E-state index contributed by atoms with van der Waals surface area (Å²) in [6, 6.07) is 9.15. The van der Waals surface area contributed by atoms with Gasteiger partial charge < -0.3 is 9.84 Å². The monoisotopic (exact) mass is 404 g/mol. The van der Waals surface area contributed by atoms with Crippen molar-refractivity contribution in [1.82, 2.24) is 4.98 Å². The number of rotatable bonds is 2. The van der Waals surface area contributed by atoms with Gasteiger partial charge in [-0.05, 0) is 49.1 Å². The van der Waals surface area contributed by atoms with E-state index in [2.05, 4.69) is 11.1 Å². The van der Waals surface area contributed by atoms with Gasteiger partial charge in [-0.2, -0.15) is 9.65 Å². The second-order valence-electron chi connectivity index (χ2n) is 8.61. The molecule has 2 fully saturated rings. The van der Waals surface area contributed by atoms with E-state index in [0.717, 1.165) is 22.3 Å². The number of nitriles is 1. The minimum Gasteiger partial charge on any atom is -0.511 e. The van der Waals surface area contributed by atoms with Crippen LogP contribution in [0.25, 0.3) is 5.57 Å². The summed E-state index contributed by atoms with van der Waals surface area (Å²) in [6.07, 6.45) is 0.286. The topological polar surface area (TPSA) is 83.2 Å². The molecule has 2 aliphatic heterocycles. The maximum absolute atomic E-state index is 13.5. The van der Waals surface area contributed by atoms with Crippen LogP contribution in [0.15, 0.2) is 36.2 Å². The summed E-state index contributed by atoms with van der Waals surface area (Å²) in [5.41, 5.74) is 4.77. The van der Waals surface area contributed by atoms with Crippen LogP contribution in [0.3, 0.4) is 0 Å². The molecule has 1 aromatic carbocycles. The zero-order chi connectivity index (χ0) is 21.3. The Bertz CT molecular complexity index is 1130. The van der Waals surface area contributed by atoms with Crippen LogP contribution in [0.1, 0.15) is 33.7 Å². The Morgan fingerprint density at radius 1 is 1.10 bits per heavy atom. The highest BCUT2D eigenvalue weighted by atomic mass is 19.1. The van der Waals surface area contributed by atoms with Gasteiger partial charge in [0.1, 0.15) is 5.76 Å². The van der Waals surface area contributed by atoms with Crippen molar-refractivity contribution in [3.63, 3.8) is 0 Å². The van der Waals surface area contributed by atoms with Crippen LogP contribution >= 0.6 is 0 Å². The van der Waals surface area contributed by atoms with Crippen molar-refractivity contribution in [3.8, 4) is 6.07 Å².